The van der Waals surface area contributed by atoms with Crippen LogP contribution in [0.2, 0.25) is 0 Å². The predicted octanol–water partition coefficient (Wildman–Crippen LogP) is 4.71. The highest BCUT2D eigenvalue weighted by Gasteiger charge is 2.03. The van der Waals surface area contributed by atoms with Gasteiger partial charge in [-0.05, 0) is 12.2 Å². The summed E-state index contributed by atoms with van der Waals surface area (Å²) in [5, 5.41) is 2.92. The summed E-state index contributed by atoms with van der Waals surface area (Å²) in [6.45, 7) is 0. The van der Waals surface area contributed by atoms with Gasteiger partial charge in [0, 0.05) is 16.5 Å². The second-order valence-electron chi connectivity index (χ2n) is 4.51. The first-order valence-corrected chi connectivity index (χ1v) is 7.49. The smallest absolute Gasteiger partial charge is 0.185 e. The molecule has 0 unspecified atom stereocenters. The van der Waals surface area contributed by atoms with Crippen molar-refractivity contribution in [2.24, 2.45) is 0 Å². The van der Waals surface area contributed by atoms with Crippen molar-refractivity contribution in [3.8, 4) is 10.6 Å². The molecular weight excluding hydrogens is 278 g/mol. The van der Waals surface area contributed by atoms with Crippen LogP contribution in [0.15, 0.2) is 72.1 Å². The van der Waals surface area contributed by atoms with Crippen LogP contribution in [-0.2, 0) is 0 Å². The average molecular weight is 291 g/mol. The van der Waals surface area contributed by atoms with Gasteiger partial charge < -0.3 is 0 Å². The molecule has 0 aliphatic heterocycles. The highest BCUT2D eigenvalue weighted by Crippen LogP contribution is 2.23. The minimum Gasteiger partial charge on any atom is -0.289 e. The normalized spacial score (nSPS) is 10.9. The Labute approximate surface area is 127 Å². The van der Waals surface area contributed by atoms with Crippen LogP contribution >= 0.6 is 11.3 Å². The summed E-state index contributed by atoms with van der Waals surface area (Å²) in [6.07, 6.45) is 3.33. The molecule has 1 heterocycles. The first-order valence-electron chi connectivity index (χ1n) is 6.61. The molecule has 0 fully saturated rings. The van der Waals surface area contributed by atoms with Crippen LogP contribution in [0.25, 0.3) is 16.6 Å². The van der Waals surface area contributed by atoms with Crippen LogP contribution < -0.4 is 0 Å². The molecule has 0 saturated carbocycles. The Kier molecular flexibility index (Phi) is 4.03. The van der Waals surface area contributed by atoms with Gasteiger partial charge in [-0.3, -0.25) is 4.79 Å². The molecule has 0 N–H and O–H groups in total. The summed E-state index contributed by atoms with van der Waals surface area (Å²) in [4.78, 5) is 16.5. The van der Waals surface area contributed by atoms with E-state index in [-0.39, 0.29) is 5.78 Å². The topological polar surface area (TPSA) is 30.0 Å². The molecule has 3 heteroatoms. The molecule has 0 saturated heterocycles. The zero-order chi connectivity index (χ0) is 14.5. The van der Waals surface area contributed by atoms with Crippen molar-refractivity contribution in [2.75, 3.05) is 0 Å². The van der Waals surface area contributed by atoms with Crippen LogP contribution in [0.4, 0.5) is 0 Å². The summed E-state index contributed by atoms with van der Waals surface area (Å²) in [6, 6.07) is 19.3. The molecule has 0 aliphatic carbocycles. The molecule has 2 nitrogen and oxygen atoms in total. The van der Waals surface area contributed by atoms with E-state index < -0.39 is 0 Å². The third-order valence-electron chi connectivity index (χ3n) is 3.01. The van der Waals surface area contributed by atoms with E-state index in [0.29, 0.717) is 5.56 Å². The van der Waals surface area contributed by atoms with Crippen LogP contribution in [0.3, 0.4) is 0 Å². The lowest BCUT2D eigenvalue weighted by atomic mass is 10.1. The summed E-state index contributed by atoms with van der Waals surface area (Å²) < 4.78 is 0. The Morgan fingerprint density at radius 1 is 0.952 bits per heavy atom. The fourth-order valence-electron chi connectivity index (χ4n) is 1.94. The number of carbonyl (C=O) groups excluding carboxylic acids is 1. The fraction of sp³-hybridized carbons (Fsp3) is 0. The van der Waals surface area contributed by atoms with E-state index in [9.17, 15) is 4.79 Å². The van der Waals surface area contributed by atoms with E-state index in [0.717, 1.165) is 16.3 Å². The molecule has 0 bridgehead atoms. The molecule has 102 valence electrons. The monoisotopic (exact) mass is 291 g/mol. The maximum absolute atomic E-state index is 12.0. The molecule has 3 aromatic rings. The van der Waals surface area contributed by atoms with E-state index in [2.05, 4.69) is 4.98 Å². The number of carbonyl (C=O) groups is 1. The van der Waals surface area contributed by atoms with Gasteiger partial charge in [0.1, 0.15) is 5.01 Å². The second-order valence-corrected chi connectivity index (χ2v) is 5.37. The zero-order valence-corrected chi connectivity index (χ0v) is 12.1. The lowest BCUT2D eigenvalue weighted by Gasteiger charge is -1.94. The van der Waals surface area contributed by atoms with Crippen LogP contribution in [0, 0.1) is 0 Å². The summed E-state index contributed by atoms with van der Waals surface area (Å²) >= 11 is 1.58. The third-order valence-corrected chi connectivity index (χ3v) is 3.92. The van der Waals surface area contributed by atoms with Crippen LogP contribution in [0.5, 0.6) is 0 Å². The van der Waals surface area contributed by atoms with Gasteiger partial charge in [0.2, 0.25) is 0 Å². The molecule has 2 aromatic carbocycles. The molecule has 1 aromatic heterocycles. The van der Waals surface area contributed by atoms with Gasteiger partial charge in [-0.2, -0.15) is 0 Å². The van der Waals surface area contributed by atoms with Gasteiger partial charge in [0.25, 0.3) is 0 Å². The van der Waals surface area contributed by atoms with Crippen molar-refractivity contribution >= 4 is 23.2 Å². The van der Waals surface area contributed by atoms with Crippen molar-refractivity contribution in [1.82, 2.24) is 4.98 Å². The van der Waals surface area contributed by atoms with Crippen molar-refractivity contribution in [2.45, 2.75) is 0 Å². The minimum atomic E-state index is -0.00939. The Bertz CT molecular complexity index is 760. The molecular formula is C18H13NOS. The van der Waals surface area contributed by atoms with Gasteiger partial charge in [0.05, 0.1) is 5.69 Å². The van der Waals surface area contributed by atoms with Gasteiger partial charge in [-0.15, -0.1) is 11.3 Å². The van der Waals surface area contributed by atoms with E-state index in [1.165, 1.54) is 0 Å². The molecule has 0 aliphatic rings. The number of allylic oxidation sites excluding steroid dienone is 1. The Balaban J connectivity index is 1.76. The Morgan fingerprint density at radius 2 is 1.62 bits per heavy atom. The lowest BCUT2D eigenvalue weighted by Crippen LogP contribution is -1.92. The Morgan fingerprint density at radius 3 is 2.33 bits per heavy atom. The number of benzene rings is 2. The van der Waals surface area contributed by atoms with E-state index in [4.69, 9.17) is 0 Å². The number of hydrogen-bond donors (Lipinski definition) is 0. The van der Waals surface area contributed by atoms with Gasteiger partial charge >= 0.3 is 0 Å². The summed E-state index contributed by atoms with van der Waals surface area (Å²) in [5.74, 6) is -0.00939. The maximum atomic E-state index is 12.0. The molecule has 21 heavy (non-hydrogen) atoms. The van der Waals surface area contributed by atoms with Crippen LogP contribution in [0.1, 0.15) is 16.1 Å². The SMILES string of the molecule is O=C(C=Cc1csc(-c2ccccc2)n1)c1ccccc1. The molecule has 3 rings (SSSR count). The number of thiazole rings is 1. The number of aromatic nitrogens is 1. The van der Waals surface area contributed by atoms with Gasteiger partial charge in [-0.1, -0.05) is 60.7 Å². The van der Waals surface area contributed by atoms with Crippen molar-refractivity contribution in [1.29, 1.82) is 0 Å². The highest BCUT2D eigenvalue weighted by molar-refractivity contribution is 7.13. The summed E-state index contributed by atoms with van der Waals surface area (Å²) in [5.41, 5.74) is 2.59. The second kappa shape index (κ2) is 6.29. The first-order chi connectivity index (χ1) is 10.3. The standard InChI is InChI=1S/C18H13NOS/c20-17(14-7-3-1-4-8-14)12-11-16-13-21-18(19-16)15-9-5-2-6-10-15/h1-13H. The average Bonchev–Trinajstić information content (AvgIpc) is 3.03. The van der Waals surface area contributed by atoms with E-state index in [1.807, 2.05) is 66.0 Å². The molecule has 0 spiro atoms. The Hall–Kier alpha value is -2.52. The predicted molar refractivity (Wildman–Crippen MR) is 87.4 cm³/mol. The van der Waals surface area contributed by atoms with Crippen LogP contribution in [-0.4, -0.2) is 10.8 Å². The number of nitrogens with zero attached hydrogens (tertiary/aromatic N) is 1. The number of ketones is 1. The van der Waals surface area contributed by atoms with Crippen molar-refractivity contribution in [3.63, 3.8) is 0 Å². The molecule has 0 amide bonds. The third kappa shape index (κ3) is 3.33. The largest absolute Gasteiger partial charge is 0.289 e. The molecule has 0 radical (unpaired) electrons. The lowest BCUT2D eigenvalue weighted by molar-refractivity contribution is 0.104. The quantitative estimate of drug-likeness (QED) is 0.515. The van der Waals surface area contributed by atoms with E-state index >= 15 is 0 Å². The van der Waals surface area contributed by atoms with Crippen molar-refractivity contribution < 1.29 is 4.79 Å². The number of hydrogen-bond acceptors (Lipinski definition) is 3. The fourth-order valence-corrected chi connectivity index (χ4v) is 2.73. The highest BCUT2D eigenvalue weighted by atomic mass is 32.1. The zero-order valence-electron chi connectivity index (χ0n) is 11.3. The maximum Gasteiger partial charge on any atom is 0.185 e. The van der Waals surface area contributed by atoms with Gasteiger partial charge in [0.15, 0.2) is 5.78 Å². The molecule has 0 atom stereocenters. The van der Waals surface area contributed by atoms with Crippen molar-refractivity contribution in [3.05, 3.63) is 83.4 Å². The number of rotatable bonds is 4. The minimum absolute atomic E-state index is 0.00939. The first kappa shape index (κ1) is 13.5. The van der Waals surface area contributed by atoms with Gasteiger partial charge in [-0.25, -0.2) is 4.98 Å². The van der Waals surface area contributed by atoms with E-state index in [1.54, 1.807) is 23.5 Å². The summed E-state index contributed by atoms with van der Waals surface area (Å²) in [7, 11) is 0.